The van der Waals surface area contributed by atoms with Crippen molar-refractivity contribution in [1.29, 1.82) is 0 Å². The number of sulfonamides is 1. The van der Waals surface area contributed by atoms with Gasteiger partial charge in [0.2, 0.25) is 21.8 Å². The van der Waals surface area contributed by atoms with Crippen LogP contribution in [0.2, 0.25) is 0 Å². The van der Waals surface area contributed by atoms with Gasteiger partial charge in [0.1, 0.15) is 0 Å². The fraction of sp³-hybridized carbons (Fsp3) is 0.333. The number of benzene rings is 1. The summed E-state index contributed by atoms with van der Waals surface area (Å²) in [4.78, 5) is 23.3. The molecule has 1 saturated heterocycles. The van der Waals surface area contributed by atoms with Crippen LogP contribution in [0.25, 0.3) is 0 Å². The monoisotopic (exact) mass is 280 g/mol. The first-order valence-corrected chi connectivity index (χ1v) is 7.66. The molecule has 1 aliphatic carbocycles. The molecule has 2 atom stereocenters. The highest BCUT2D eigenvalue weighted by Crippen LogP contribution is 2.57. The van der Waals surface area contributed by atoms with E-state index in [1.165, 1.54) is 0 Å². The third-order valence-electron chi connectivity index (χ3n) is 3.62. The van der Waals surface area contributed by atoms with Gasteiger partial charge in [0.15, 0.2) is 0 Å². The van der Waals surface area contributed by atoms with Gasteiger partial charge in [-0.25, -0.2) is 8.42 Å². The predicted octanol–water partition coefficient (Wildman–Crippen LogP) is -0.0278. The van der Waals surface area contributed by atoms with Gasteiger partial charge in [0, 0.05) is 5.69 Å². The Kier molecular flexibility index (Phi) is 2.28. The second kappa shape index (κ2) is 3.57. The van der Waals surface area contributed by atoms with Crippen molar-refractivity contribution in [2.24, 2.45) is 5.92 Å². The lowest BCUT2D eigenvalue weighted by molar-refractivity contribution is -0.127. The number of imide groups is 1. The van der Waals surface area contributed by atoms with E-state index in [4.69, 9.17) is 0 Å². The molecule has 1 saturated carbocycles. The fourth-order valence-corrected chi connectivity index (χ4v) is 3.21. The second-order valence-electron chi connectivity index (χ2n) is 5.00. The minimum atomic E-state index is -3.32. The van der Waals surface area contributed by atoms with Crippen LogP contribution in [0.5, 0.6) is 0 Å². The highest BCUT2D eigenvalue weighted by molar-refractivity contribution is 7.92. The molecule has 2 N–H and O–H groups in total. The first-order chi connectivity index (χ1) is 8.83. The fourth-order valence-electron chi connectivity index (χ4n) is 2.64. The zero-order valence-electron chi connectivity index (χ0n) is 10.1. The molecular formula is C12H12N2O4S. The lowest BCUT2D eigenvalue weighted by Crippen LogP contribution is -2.30. The van der Waals surface area contributed by atoms with Gasteiger partial charge in [-0.2, -0.15) is 0 Å². The molecule has 1 heterocycles. The van der Waals surface area contributed by atoms with Crippen LogP contribution in [0.3, 0.4) is 0 Å². The number of amides is 2. The molecular weight excluding hydrogens is 268 g/mol. The van der Waals surface area contributed by atoms with Crippen molar-refractivity contribution in [3.05, 3.63) is 29.8 Å². The molecule has 0 bridgehead atoms. The topological polar surface area (TPSA) is 92.3 Å². The van der Waals surface area contributed by atoms with Crippen LogP contribution in [-0.2, 0) is 25.0 Å². The molecule has 2 amide bonds. The molecule has 100 valence electrons. The van der Waals surface area contributed by atoms with Crippen LogP contribution in [0.15, 0.2) is 24.3 Å². The van der Waals surface area contributed by atoms with Crippen LogP contribution in [0.1, 0.15) is 12.0 Å². The Balaban J connectivity index is 1.89. The molecule has 1 aromatic carbocycles. The zero-order valence-corrected chi connectivity index (χ0v) is 11.0. The van der Waals surface area contributed by atoms with E-state index in [0.29, 0.717) is 12.1 Å². The van der Waals surface area contributed by atoms with Gasteiger partial charge in [-0.05, 0) is 24.1 Å². The summed E-state index contributed by atoms with van der Waals surface area (Å²) in [7, 11) is -3.32. The van der Waals surface area contributed by atoms with Gasteiger partial charge < -0.3 is 0 Å². The van der Waals surface area contributed by atoms with E-state index in [9.17, 15) is 18.0 Å². The molecule has 2 unspecified atom stereocenters. The summed E-state index contributed by atoms with van der Waals surface area (Å²) >= 11 is 0. The standard InChI is InChI=1S/C12H12N2O4S/c1-19(17,18)14-8-4-2-7(3-5-8)12-6-9(12)10(15)13-11(12)16/h2-5,9,14H,6H2,1H3,(H,13,15,16). The average Bonchev–Trinajstić information content (AvgIpc) is 2.99. The molecule has 7 heteroatoms. The molecule has 3 rings (SSSR count). The number of hydrogen-bond donors (Lipinski definition) is 2. The highest BCUT2D eigenvalue weighted by atomic mass is 32.2. The smallest absolute Gasteiger partial charge is 0.238 e. The van der Waals surface area contributed by atoms with E-state index >= 15 is 0 Å². The molecule has 2 fully saturated rings. The van der Waals surface area contributed by atoms with Crippen LogP contribution in [-0.4, -0.2) is 26.5 Å². The van der Waals surface area contributed by atoms with Crippen molar-refractivity contribution in [2.45, 2.75) is 11.8 Å². The van der Waals surface area contributed by atoms with E-state index in [-0.39, 0.29) is 17.7 Å². The number of anilines is 1. The number of carbonyl (C=O) groups excluding carboxylic acids is 2. The maximum Gasteiger partial charge on any atom is 0.238 e. The van der Waals surface area contributed by atoms with Gasteiger partial charge in [0.25, 0.3) is 0 Å². The second-order valence-corrected chi connectivity index (χ2v) is 6.75. The first kappa shape index (κ1) is 12.2. The Morgan fingerprint density at radius 1 is 1.26 bits per heavy atom. The van der Waals surface area contributed by atoms with Gasteiger partial charge in [-0.1, -0.05) is 12.1 Å². The number of piperidine rings is 1. The summed E-state index contributed by atoms with van der Waals surface area (Å²) in [5.41, 5.74) is 0.463. The van der Waals surface area contributed by atoms with E-state index in [2.05, 4.69) is 10.0 Å². The minimum absolute atomic E-state index is 0.219. The van der Waals surface area contributed by atoms with Crippen LogP contribution in [0.4, 0.5) is 5.69 Å². The minimum Gasteiger partial charge on any atom is -0.295 e. The van der Waals surface area contributed by atoms with Crippen molar-refractivity contribution < 1.29 is 18.0 Å². The van der Waals surface area contributed by atoms with E-state index in [1.807, 2.05) is 0 Å². The van der Waals surface area contributed by atoms with E-state index in [0.717, 1.165) is 11.8 Å². The van der Waals surface area contributed by atoms with Crippen LogP contribution in [0, 0.1) is 5.92 Å². The molecule has 0 radical (unpaired) electrons. The summed E-state index contributed by atoms with van der Waals surface area (Å²) in [6, 6.07) is 6.56. The zero-order chi connectivity index (χ0) is 13.8. The van der Waals surface area contributed by atoms with Crippen molar-refractivity contribution in [2.75, 3.05) is 11.0 Å². The van der Waals surface area contributed by atoms with Crippen molar-refractivity contribution in [3.63, 3.8) is 0 Å². The normalized spacial score (nSPS) is 28.8. The lowest BCUT2D eigenvalue weighted by Gasteiger charge is -2.11. The van der Waals surface area contributed by atoms with Gasteiger partial charge >= 0.3 is 0 Å². The summed E-state index contributed by atoms with van der Waals surface area (Å²) < 4.78 is 24.5. The highest BCUT2D eigenvalue weighted by Gasteiger charge is 2.69. The van der Waals surface area contributed by atoms with Gasteiger partial charge in [-0.15, -0.1) is 0 Å². The molecule has 0 aromatic heterocycles. The third-order valence-corrected chi connectivity index (χ3v) is 4.23. The Labute approximate surface area is 110 Å². The van der Waals surface area contributed by atoms with Crippen molar-refractivity contribution in [3.8, 4) is 0 Å². The van der Waals surface area contributed by atoms with Crippen LogP contribution >= 0.6 is 0 Å². The Morgan fingerprint density at radius 2 is 1.89 bits per heavy atom. The van der Waals surface area contributed by atoms with E-state index in [1.54, 1.807) is 24.3 Å². The van der Waals surface area contributed by atoms with Gasteiger partial charge in [-0.3, -0.25) is 19.6 Å². The average molecular weight is 280 g/mol. The lowest BCUT2D eigenvalue weighted by atomic mass is 9.94. The maximum atomic E-state index is 11.8. The van der Waals surface area contributed by atoms with Crippen molar-refractivity contribution in [1.82, 2.24) is 5.32 Å². The number of nitrogens with one attached hydrogen (secondary N) is 2. The summed E-state index contributed by atoms with van der Waals surface area (Å²) in [5, 5.41) is 2.32. The van der Waals surface area contributed by atoms with Gasteiger partial charge in [0.05, 0.1) is 17.6 Å². The number of carbonyl (C=O) groups is 2. The Morgan fingerprint density at radius 3 is 2.32 bits per heavy atom. The summed E-state index contributed by atoms with van der Waals surface area (Å²) in [6.07, 6.45) is 1.61. The largest absolute Gasteiger partial charge is 0.295 e. The van der Waals surface area contributed by atoms with Crippen LogP contribution < -0.4 is 10.0 Å². The predicted molar refractivity (Wildman–Crippen MR) is 67.8 cm³/mol. The molecule has 6 nitrogen and oxygen atoms in total. The molecule has 19 heavy (non-hydrogen) atoms. The summed E-state index contributed by atoms with van der Waals surface area (Å²) in [5.74, 6) is -0.747. The number of hydrogen-bond acceptors (Lipinski definition) is 4. The SMILES string of the molecule is CS(=O)(=O)Nc1ccc(C23CC2C(=O)NC3=O)cc1. The molecule has 0 spiro atoms. The molecule has 1 aromatic rings. The molecule has 1 aliphatic heterocycles. The van der Waals surface area contributed by atoms with E-state index < -0.39 is 15.4 Å². The molecule has 2 aliphatic rings. The summed E-state index contributed by atoms with van der Waals surface area (Å²) in [6.45, 7) is 0. The number of fused-ring (bicyclic) bond motifs is 1. The van der Waals surface area contributed by atoms with Crippen molar-refractivity contribution >= 4 is 27.5 Å². The number of rotatable bonds is 3. The Hall–Kier alpha value is -1.89. The first-order valence-electron chi connectivity index (χ1n) is 5.76. The Bertz CT molecular complexity index is 680. The maximum absolute atomic E-state index is 11.8. The third kappa shape index (κ3) is 1.81. The quantitative estimate of drug-likeness (QED) is 0.761.